The van der Waals surface area contributed by atoms with Crippen molar-refractivity contribution < 1.29 is 0 Å². The van der Waals surface area contributed by atoms with Crippen LogP contribution < -0.4 is 5.32 Å². The van der Waals surface area contributed by atoms with Crippen molar-refractivity contribution in [1.82, 2.24) is 9.97 Å². The van der Waals surface area contributed by atoms with Gasteiger partial charge in [0.1, 0.15) is 0 Å². The zero-order valence-corrected chi connectivity index (χ0v) is 12.2. The van der Waals surface area contributed by atoms with E-state index in [1.54, 1.807) is 23.7 Å². The van der Waals surface area contributed by atoms with Crippen LogP contribution in [0, 0.1) is 0 Å². The minimum absolute atomic E-state index is 0.728. The topological polar surface area (TPSA) is 37.8 Å². The van der Waals surface area contributed by atoms with E-state index in [1.807, 2.05) is 42.5 Å². The first-order chi connectivity index (χ1) is 9.81. The minimum Gasteiger partial charge on any atom is -0.378 e. The Labute approximate surface area is 126 Å². The largest absolute Gasteiger partial charge is 0.378 e. The lowest BCUT2D eigenvalue weighted by Gasteiger charge is -2.05. The Bertz CT molecular complexity index is 680. The number of benzene rings is 1. The van der Waals surface area contributed by atoms with Gasteiger partial charge in [-0.15, -0.1) is 11.3 Å². The van der Waals surface area contributed by atoms with Crippen molar-refractivity contribution in [1.29, 1.82) is 0 Å². The van der Waals surface area contributed by atoms with Crippen molar-refractivity contribution >= 4 is 28.6 Å². The summed E-state index contributed by atoms with van der Waals surface area (Å²) in [5.41, 5.74) is 1.92. The zero-order chi connectivity index (χ0) is 13.8. The molecule has 20 heavy (non-hydrogen) atoms. The molecule has 0 saturated heterocycles. The fraction of sp³-hybridized carbons (Fsp3) is 0.0667. The molecule has 5 heteroatoms. The van der Waals surface area contributed by atoms with Crippen molar-refractivity contribution in [2.75, 3.05) is 5.32 Å². The highest BCUT2D eigenvalue weighted by Gasteiger charge is 2.01. The zero-order valence-electron chi connectivity index (χ0n) is 10.6. The number of thiophene rings is 1. The maximum absolute atomic E-state index is 5.90. The van der Waals surface area contributed by atoms with Crippen LogP contribution in [0.1, 0.15) is 4.88 Å². The number of hydrogen-bond acceptors (Lipinski definition) is 4. The van der Waals surface area contributed by atoms with Crippen molar-refractivity contribution in [3.63, 3.8) is 0 Å². The highest BCUT2D eigenvalue weighted by atomic mass is 35.5. The Morgan fingerprint density at radius 1 is 1.00 bits per heavy atom. The van der Waals surface area contributed by atoms with Crippen LogP contribution in [0.5, 0.6) is 0 Å². The van der Waals surface area contributed by atoms with Crippen LogP contribution in [0.15, 0.2) is 54.9 Å². The smallest absolute Gasteiger partial charge is 0.159 e. The maximum Gasteiger partial charge on any atom is 0.159 e. The summed E-state index contributed by atoms with van der Waals surface area (Å²) in [6, 6.07) is 13.8. The molecular weight excluding hydrogens is 290 g/mol. The molecule has 0 amide bonds. The van der Waals surface area contributed by atoms with E-state index in [-0.39, 0.29) is 0 Å². The SMILES string of the molecule is Clc1ccc(CNc2cnc(-c3ccccc3)nc2)s1. The predicted molar refractivity (Wildman–Crippen MR) is 84.1 cm³/mol. The van der Waals surface area contributed by atoms with Crippen molar-refractivity contribution in [2.24, 2.45) is 0 Å². The Kier molecular flexibility index (Phi) is 3.95. The van der Waals surface area contributed by atoms with E-state index >= 15 is 0 Å². The number of nitrogens with zero attached hydrogens (tertiary/aromatic N) is 2. The highest BCUT2D eigenvalue weighted by molar-refractivity contribution is 7.16. The minimum atomic E-state index is 0.728. The van der Waals surface area contributed by atoms with E-state index in [0.29, 0.717) is 0 Å². The number of anilines is 1. The molecule has 0 atom stereocenters. The monoisotopic (exact) mass is 301 g/mol. The van der Waals surface area contributed by atoms with Crippen molar-refractivity contribution in [3.8, 4) is 11.4 Å². The molecule has 0 aliphatic rings. The molecule has 100 valence electrons. The molecule has 2 heterocycles. The van der Waals surface area contributed by atoms with Gasteiger partial charge in [0.2, 0.25) is 0 Å². The first-order valence-electron chi connectivity index (χ1n) is 6.17. The summed E-state index contributed by atoms with van der Waals surface area (Å²) in [6.07, 6.45) is 3.59. The number of halogens is 1. The Balaban J connectivity index is 1.67. The summed E-state index contributed by atoms with van der Waals surface area (Å²) in [7, 11) is 0. The lowest BCUT2D eigenvalue weighted by molar-refractivity contribution is 1.12. The summed E-state index contributed by atoms with van der Waals surface area (Å²) in [5.74, 6) is 0.732. The average molecular weight is 302 g/mol. The number of hydrogen-bond donors (Lipinski definition) is 1. The third kappa shape index (κ3) is 3.15. The van der Waals surface area contributed by atoms with Gasteiger partial charge in [0.05, 0.1) is 22.4 Å². The van der Waals surface area contributed by atoms with Gasteiger partial charge in [-0.25, -0.2) is 9.97 Å². The van der Waals surface area contributed by atoms with E-state index in [1.165, 1.54) is 4.88 Å². The molecule has 1 N–H and O–H groups in total. The maximum atomic E-state index is 5.90. The van der Waals surface area contributed by atoms with Crippen LogP contribution in [0.2, 0.25) is 4.34 Å². The first-order valence-corrected chi connectivity index (χ1v) is 7.36. The number of aromatic nitrogens is 2. The van der Waals surface area contributed by atoms with Crippen LogP contribution in [0.3, 0.4) is 0 Å². The molecule has 2 aromatic heterocycles. The number of rotatable bonds is 4. The molecule has 1 aromatic carbocycles. The average Bonchev–Trinajstić information content (AvgIpc) is 2.92. The van der Waals surface area contributed by atoms with Crippen molar-refractivity contribution in [3.05, 3.63) is 64.1 Å². The van der Waals surface area contributed by atoms with Crippen LogP contribution in [0.25, 0.3) is 11.4 Å². The third-order valence-electron chi connectivity index (χ3n) is 2.78. The van der Waals surface area contributed by atoms with E-state index < -0.39 is 0 Å². The van der Waals surface area contributed by atoms with Crippen LogP contribution in [0.4, 0.5) is 5.69 Å². The predicted octanol–water partition coefficient (Wildman–Crippen LogP) is 4.47. The van der Waals surface area contributed by atoms with Crippen molar-refractivity contribution in [2.45, 2.75) is 6.54 Å². The molecule has 3 nitrogen and oxygen atoms in total. The second-order valence-electron chi connectivity index (χ2n) is 4.22. The van der Waals surface area contributed by atoms with Gasteiger partial charge in [-0.05, 0) is 12.1 Å². The Hall–Kier alpha value is -1.91. The molecule has 0 saturated carbocycles. The Morgan fingerprint density at radius 3 is 2.40 bits per heavy atom. The highest BCUT2D eigenvalue weighted by Crippen LogP contribution is 2.22. The molecule has 0 radical (unpaired) electrons. The fourth-order valence-electron chi connectivity index (χ4n) is 1.79. The summed E-state index contributed by atoms with van der Waals surface area (Å²) in [5, 5.41) is 3.28. The van der Waals surface area contributed by atoms with Gasteiger partial charge in [-0.3, -0.25) is 0 Å². The third-order valence-corrected chi connectivity index (χ3v) is 4.01. The molecule has 0 aliphatic carbocycles. The molecule has 0 bridgehead atoms. The summed E-state index contributed by atoms with van der Waals surface area (Å²) < 4.78 is 0.803. The van der Waals surface area contributed by atoms with Gasteiger partial charge >= 0.3 is 0 Å². The van der Waals surface area contributed by atoms with Crippen LogP contribution in [-0.4, -0.2) is 9.97 Å². The second kappa shape index (κ2) is 6.03. The van der Waals surface area contributed by atoms with Gasteiger partial charge in [0, 0.05) is 17.0 Å². The summed E-state index contributed by atoms with van der Waals surface area (Å²) >= 11 is 7.47. The van der Waals surface area contributed by atoms with Gasteiger partial charge < -0.3 is 5.32 Å². The van der Waals surface area contributed by atoms with Gasteiger partial charge in [0.25, 0.3) is 0 Å². The van der Waals surface area contributed by atoms with Gasteiger partial charge in [0.15, 0.2) is 5.82 Å². The number of nitrogens with one attached hydrogen (secondary N) is 1. The van der Waals surface area contributed by atoms with E-state index in [4.69, 9.17) is 11.6 Å². The summed E-state index contributed by atoms with van der Waals surface area (Å²) in [4.78, 5) is 9.92. The lowest BCUT2D eigenvalue weighted by atomic mass is 10.2. The van der Waals surface area contributed by atoms with Gasteiger partial charge in [-0.1, -0.05) is 41.9 Å². The van der Waals surface area contributed by atoms with E-state index in [9.17, 15) is 0 Å². The van der Waals surface area contributed by atoms with Crippen LogP contribution in [-0.2, 0) is 6.54 Å². The van der Waals surface area contributed by atoms with E-state index in [2.05, 4.69) is 15.3 Å². The molecule has 0 spiro atoms. The molecular formula is C15H12ClN3S. The first kappa shape index (κ1) is 13.1. The molecule has 3 rings (SSSR count). The summed E-state index contributed by atoms with van der Waals surface area (Å²) in [6.45, 7) is 0.728. The van der Waals surface area contributed by atoms with Gasteiger partial charge in [-0.2, -0.15) is 0 Å². The molecule has 0 fully saturated rings. The molecule has 3 aromatic rings. The quantitative estimate of drug-likeness (QED) is 0.772. The molecule has 0 aliphatic heterocycles. The van der Waals surface area contributed by atoms with Crippen LogP contribution >= 0.6 is 22.9 Å². The lowest BCUT2D eigenvalue weighted by Crippen LogP contribution is -1.99. The van der Waals surface area contributed by atoms with E-state index in [0.717, 1.165) is 28.0 Å². The standard InChI is InChI=1S/C15H12ClN3S/c16-14-7-6-13(20-14)10-17-12-8-18-15(19-9-12)11-4-2-1-3-5-11/h1-9,17H,10H2. The molecule has 0 unspecified atom stereocenters. The normalized spacial score (nSPS) is 10.4. The Morgan fingerprint density at radius 2 is 1.75 bits per heavy atom. The fourth-order valence-corrected chi connectivity index (χ4v) is 2.82. The second-order valence-corrected chi connectivity index (χ2v) is 6.02.